The Labute approximate surface area is 98.2 Å². The zero-order valence-electron chi connectivity index (χ0n) is 10.5. The number of aliphatic hydroxyl groups is 1. The number of hydrogen-bond acceptors (Lipinski definition) is 3. The van der Waals surface area contributed by atoms with Crippen LogP contribution in [-0.4, -0.2) is 23.3 Å². The van der Waals surface area contributed by atoms with Crippen molar-refractivity contribution >= 4 is 5.97 Å². The number of unbranched alkanes of at least 4 members (excludes halogenated alkanes) is 4. The number of rotatable bonds is 6. The Morgan fingerprint density at radius 1 is 1.31 bits per heavy atom. The molecule has 0 heterocycles. The number of hydrogen-bond donors (Lipinski definition) is 1. The Balaban J connectivity index is 3.95. The van der Waals surface area contributed by atoms with E-state index in [1.54, 1.807) is 6.92 Å². The summed E-state index contributed by atoms with van der Waals surface area (Å²) in [6.45, 7) is 5.47. The lowest BCUT2D eigenvalue weighted by molar-refractivity contribution is -0.157. The second kappa shape index (κ2) is 8.18. The Bertz CT molecular complexity index is 258. The maximum absolute atomic E-state index is 11.3. The third-order valence-electron chi connectivity index (χ3n) is 2.16. The summed E-state index contributed by atoms with van der Waals surface area (Å²) < 4.78 is 4.71. The Morgan fingerprint density at radius 3 is 2.56 bits per heavy atom. The summed E-state index contributed by atoms with van der Waals surface area (Å²) in [5, 5.41) is 9.67. The standard InChI is InChI=1S/C13H22O3/c1-4-6-7-8-9-10-11-13(3,15)12(14)16-5-2/h15H,4-9H2,1-3H3. The summed E-state index contributed by atoms with van der Waals surface area (Å²) in [4.78, 5) is 11.3. The number of ether oxygens (including phenoxy) is 1. The summed E-state index contributed by atoms with van der Waals surface area (Å²) in [7, 11) is 0. The molecule has 1 atom stereocenters. The van der Waals surface area contributed by atoms with Crippen molar-refractivity contribution in [1.29, 1.82) is 0 Å². The van der Waals surface area contributed by atoms with Gasteiger partial charge in [-0.1, -0.05) is 38.0 Å². The van der Waals surface area contributed by atoms with Crippen molar-refractivity contribution in [2.24, 2.45) is 0 Å². The largest absolute Gasteiger partial charge is 0.463 e. The van der Waals surface area contributed by atoms with Gasteiger partial charge in [0, 0.05) is 6.42 Å². The van der Waals surface area contributed by atoms with Crippen molar-refractivity contribution in [3.05, 3.63) is 0 Å². The molecule has 0 bridgehead atoms. The van der Waals surface area contributed by atoms with Gasteiger partial charge < -0.3 is 9.84 Å². The first-order valence-corrected chi connectivity index (χ1v) is 5.94. The molecule has 0 aliphatic heterocycles. The van der Waals surface area contributed by atoms with E-state index in [1.807, 2.05) is 0 Å². The fourth-order valence-corrected chi connectivity index (χ4v) is 1.20. The molecule has 3 heteroatoms. The van der Waals surface area contributed by atoms with E-state index >= 15 is 0 Å². The van der Waals surface area contributed by atoms with Crippen molar-refractivity contribution in [1.82, 2.24) is 0 Å². The minimum atomic E-state index is -1.67. The maximum atomic E-state index is 11.3. The molecule has 0 amide bonds. The van der Waals surface area contributed by atoms with Crippen LogP contribution >= 0.6 is 0 Å². The third kappa shape index (κ3) is 6.47. The SMILES string of the molecule is CCCCCCC#CC(C)(O)C(=O)OCC. The van der Waals surface area contributed by atoms with Crippen molar-refractivity contribution in [3.63, 3.8) is 0 Å². The zero-order chi connectivity index (χ0) is 12.4. The van der Waals surface area contributed by atoms with Gasteiger partial charge in [0.25, 0.3) is 0 Å². The average Bonchev–Trinajstić information content (AvgIpc) is 2.23. The van der Waals surface area contributed by atoms with E-state index in [1.165, 1.54) is 19.8 Å². The van der Waals surface area contributed by atoms with Crippen molar-refractivity contribution < 1.29 is 14.6 Å². The van der Waals surface area contributed by atoms with Gasteiger partial charge in [0.1, 0.15) is 0 Å². The van der Waals surface area contributed by atoms with Crippen molar-refractivity contribution in [2.45, 2.75) is 58.5 Å². The highest BCUT2D eigenvalue weighted by atomic mass is 16.5. The van der Waals surface area contributed by atoms with E-state index in [9.17, 15) is 9.90 Å². The molecule has 0 aromatic rings. The summed E-state index contributed by atoms with van der Waals surface area (Å²) in [6.07, 6.45) is 5.27. The van der Waals surface area contributed by atoms with E-state index in [2.05, 4.69) is 18.8 Å². The highest BCUT2D eigenvalue weighted by molar-refractivity contribution is 5.82. The summed E-state index contributed by atoms with van der Waals surface area (Å²) in [5.74, 6) is 4.70. The molecule has 92 valence electrons. The smallest absolute Gasteiger partial charge is 0.350 e. The zero-order valence-corrected chi connectivity index (χ0v) is 10.5. The third-order valence-corrected chi connectivity index (χ3v) is 2.16. The van der Waals surface area contributed by atoms with Crippen LogP contribution in [0.3, 0.4) is 0 Å². The predicted molar refractivity (Wildman–Crippen MR) is 63.8 cm³/mol. The van der Waals surface area contributed by atoms with Gasteiger partial charge in [-0.2, -0.15) is 0 Å². The molecule has 1 unspecified atom stereocenters. The first-order chi connectivity index (χ1) is 7.54. The monoisotopic (exact) mass is 226 g/mol. The Hall–Kier alpha value is -1.01. The van der Waals surface area contributed by atoms with Crippen LogP contribution in [-0.2, 0) is 9.53 Å². The van der Waals surface area contributed by atoms with E-state index in [-0.39, 0.29) is 6.61 Å². The molecule has 0 aliphatic carbocycles. The minimum Gasteiger partial charge on any atom is -0.463 e. The molecule has 0 aromatic carbocycles. The summed E-state index contributed by atoms with van der Waals surface area (Å²) >= 11 is 0. The molecule has 1 N–H and O–H groups in total. The average molecular weight is 226 g/mol. The highest BCUT2D eigenvalue weighted by Crippen LogP contribution is 2.06. The lowest BCUT2D eigenvalue weighted by Crippen LogP contribution is -2.35. The maximum Gasteiger partial charge on any atom is 0.350 e. The number of carbonyl (C=O) groups excluding carboxylic acids is 1. The van der Waals surface area contributed by atoms with Gasteiger partial charge in [-0.05, 0) is 20.3 Å². The number of esters is 1. The molecule has 0 rings (SSSR count). The van der Waals surface area contributed by atoms with Crippen LogP contribution in [0.1, 0.15) is 52.9 Å². The van der Waals surface area contributed by atoms with Crippen molar-refractivity contribution in [2.75, 3.05) is 6.61 Å². The minimum absolute atomic E-state index is 0.257. The van der Waals surface area contributed by atoms with Gasteiger partial charge >= 0.3 is 5.97 Å². The van der Waals surface area contributed by atoms with Gasteiger partial charge in [-0.15, -0.1) is 0 Å². The normalized spacial score (nSPS) is 13.5. The van der Waals surface area contributed by atoms with Crippen LogP contribution in [0.5, 0.6) is 0 Å². The summed E-state index contributed by atoms with van der Waals surface area (Å²) in [6, 6.07) is 0. The molecule has 0 fully saturated rings. The molecule has 3 nitrogen and oxygen atoms in total. The highest BCUT2D eigenvalue weighted by Gasteiger charge is 2.29. The Morgan fingerprint density at radius 2 is 2.00 bits per heavy atom. The van der Waals surface area contributed by atoms with Gasteiger partial charge in [-0.3, -0.25) is 0 Å². The van der Waals surface area contributed by atoms with Gasteiger partial charge in [0.2, 0.25) is 5.60 Å². The van der Waals surface area contributed by atoms with Crippen LogP contribution in [0.25, 0.3) is 0 Å². The predicted octanol–water partition coefficient (Wildman–Crippen LogP) is 2.27. The molecule has 0 aliphatic rings. The number of carbonyl (C=O) groups is 1. The lowest BCUT2D eigenvalue weighted by Gasteiger charge is -2.13. The molecule has 0 saturated heterocycles. The first-order valence-electron chi connectivity index (χ1n) is 5.94. The van der Waals surface area contributed by atoms with Crippen LogP contribution in [0.2, 0.25) is 0 Å². The second-order valence-corrected chi connectivity index (χ2v) is 3.91. The second-order valence-electron chi connectivity index (χ2n) is 3.91. The molecule has 0 radical (unpaired) electrons. The molecule has 0 saturated carbocycles. The van der Waals surface area contributed by atoms with Crippen LogP contribution in [0.4, 0.5) is 0 Å². The van der Waals surface area contributed by atoms with Gasteiger partial charge in [0.15, 0.2) is 0 Å². The van der Waals surface area contributed by atoms with Crippen LogP contribution in [0.15, 0.2) is 0 Å². The van der Waals surface area contributed by atoms with Crippen LogP contribution in [0, 0.1) is 11.8 Å². The van der Waals surface area contributed by atoms with E-state index in [4.69, 9.17) is 4.74 Å². The topological polar surface area (TPSA) is 46.5 Å². The quantitative estimate of drug-likeness (QED) is 0.429. The Kier molecular flexibility index (Phi) is 7.66. The lowest BCUT2D eigenvalue weighted by atomic mass is 10.1. The molecular formula is C13H22O3. The molecule has 16 heavy (non-hydrogen) atoms. The van der Waals surface area contributed by atoms with Crippen LogP contribution < -0.4 is 0 Å². The van der Waals surface area contributed by atoms with E-state index in [0.29, 0.717) is 0 Å². The van der Waals surface area contributed by atoms with Crippen molar-refractivity contribution in [3.8, 4) is 11.8 Å². The van der Waals surface area contributed by atoms with E-state index in [0.717, 1.165) is 19.3 Å². The molecular weight excluding hydrogens is 204 g/mol. The first kappa shape index (κ1) is 15.0. The van der Waals surface area contributed by atoms with Gasteiger partial charge in [0.05, 0.1) is 6.61 Å². The fraction of sp³-hybridized carbons (Fsp3) is 0.769. The van der Waals surface area contributed by atoms with E-state index < -0.39 is 11.6 Å². The molecule has 0 spiro atoms. The van der Waals surface area contributed by atoms with Gasteiger partial charge in [-0.25, -0.2) is 4.79 Å². The summed E-state index contributed by atoms with van der Waals surface area (Å²) in [5.41, 5.74) is -1.67. The fourth-order valence-electron chi connectivity index (χ4n) is 1.20. The molecule has 0 aromatic heterocycles.